The van der Waals surface area contributed by atoms with E-state index in [0.29, 0.717) is 17.7 Å². The third kappa shape index (κ3) is 2.45. The van der Waals surface area contributed by atoms with Gasteiger partial charge in [-0.2, -0.15) is 0 Å². The molecule has 0 aliphatic carbocycles. The van der Waals surface area contributed by atoms with Crippen molar-refractivity contribution in [2.45, 2.75) is 25.9 Å². The lowest BCUT2D eigenvalue weighted by molar-refractivity contribution is 0.162. The Hall–Kier alpha value is -1.09. The highest BCUT2D eigenvalue weighted by Gasteiger charge is 2.12. The molecule has 0 aliphatic heterocycles. The van der Waals surface area contributed by atoms with E-state index in [1.165, 1.54) is 19.2 Å². The number of hydrogen-bond donors (Lipinski definition) is 1. The number of rotatable bonds is 4. The summed E-state index contributed by atoms with van der Waals surface area (Å²) in [6, 6.07) is 4.18. The topological polar surface area (TPSA) is 29.5 Å². The van der Waals surface area contributed by atoms with Crippen LogP contribution in [0.15, 0.2) is 18.2 Å². The molecule has 0 unspecified atom stereocenters. The minimum atomic E-state index is -0.574. The fourth-order valence-electron chi connectivity index (χ4n) is 1.39. The van der Waals surface area contributed by atoms with Crippen molar-refractivity contribution in [3.05, 3.63) is 29.6 Å². The van der Waals surface area contributed by atoms with Crippen LogP contribution in [0.1, 0.15) is 31.4 Å². The van der Waals surface area contributed by atoms with E-state index in [4.69, 9.17) is 4.74 Å². The average Bonchev–Trinajstić information content (AvgIpc) is 2.17. The molecule has 0 saturated heterocycles. The first-order chi connectivity index (χ1) is 6.69. The predicted molar refractivity (Wildman–Crippen MR) is 52.8 cm³/mol. The Morgan fingerprint density at radius 3 is 2.79 bits per heavy atom. The van der Waals surface area contributed by atoms with Gasteiger partial charge in [0.2, 0.25) is 0 Å². The summed E-state index contributed by atoms with van der Waals surface area (Å²) in [5.41, 5.74) is 0.649. The van der Waals surface area contributed by atoms with Crippen molar-refractivity contribution in [1.29, 1.82) is 0 Å². The van der Waals surface area contributed by atoms with Gasteiger partial charge in [0.1, 0.15) is 11.6 Å². The van der Waals surface area contributed by atoms with Crippen molar-refractivity contribution >= 4 is 0 Å². The van der Waals surface area contributed by atoms with Crippen molar-refractivity contribution in [2.24, 2.45) is 0 Å². The molecule has 0 aromatic heterocycles. The number of ether oxygens (including phenoxy) is 1. The van der Waals surface area contributed by atoms with E-state index in [1.807, 2.05) is 6.92 Å². The molecule has 1 aromatic carbocycles. The van der Waals surface area contributed by atoms with E-state index in [2.05, 4.69) is 0 Å². The van der Waals surface area contributed by atoms with Gasteiger partial charge in [-0.3, -0.25) is 0 Å². The smallest absolute Gasteiger partial charge is 0.127 e. The monoisotopic (exact) mass is 198 g/mol. The highest BCUT2D eigenvalue weighted by atomic mass is 19.1. The quantitative estimate of drug-likeness (QED) is 0.806. The summed E-state index contributed by atoms with van der Waals surface area (Å²) in [5.74, 6) is 0.0558. The lowest BCUT2D eigenvalue weighted by atomic mass is 10.0. The molecule has 0 heterocycles. The van der Waals surface area contributed by atoms with Gasteiger partial charge >= 0.3 is 0 Å². The summed E-state index contributed by atoms with van der Waals surface area (Å²) in [6.45, 7) is 1.99. The second-order valence-electron chi connectivity index (χ2n) is 3.19. The van der Waals surface area contributed by atoms with E-state index in [-0.39, 0.29) is 5.82 Å². The molecular weight excluding hydrogens is 183 g/mol. The maximum Gasteiger partial charge on any atom is 0.127 e. The van der Waals surface area contributed by atoms with Gasteiger partial charge in [-0.1, -0.05) is 13.3 Å². The third-order valence-electron chi connectivity index (χ3n) is 2.12. The Bertz CT molecular complexity index is 299. The Morgan fingerprint density at radius 2 is 2.21 bits per heavy atom. The Morgan fingerprint density at radius 1 is 1.50 bits per heavy atom. The van der Waals surface area contributed by atoms with Crippen LogP contribution in [0, 0.1) is 5.82 Å². The molecular formula is C11H15FO2. The van der Waals surface area contributed by atoms with E-state index in [9.17, 15) is 9.50 Å². The van der Waals surface area contributed by atoms with Crippen LogP contribution in [0.5, 0.6) is 5.75 Å². The van der Waals surface area contributed by atoms with Gasteiger partial charge in [-0.25, -0.2) is 4.39 Å². The highest BCUT2D eigenvalue weighted by Crippen LogP contribution is 2.28. The molecule has 0 saturated carbocycles. The molecule has 2 nitrogen and oxygen atoms in total. The van der Waals surface area contributed by atoms with Crippen LogP contribution in [-0.4, -0.2) is 12.2 Å². The molecule has 1 N–H and O–H groups in total. The fourth-order valence-corrected chi connectivity index (χ4v) is 1.39. The predicted octanol–water partition coefficient (Wildman–Crippen LogP) is 2.67. The van der Waals surface area contributed by atoms with Gasteiger partial charge in [0, 0.05) is 11.6 Å². The van der Waals surface area contributed by atoms with Crippen molar-refractivity contribution in [3.8, 4) is 5.75 Å². The number of methoxy groups -OCH3 is 1. The summed E-state index contributed by atoms with van der Waals surface area (Å²) in [4.78, 5) is 0. The number of halogens is 1. The molecule has 3 heteroatoms. The van der Waals surface area contributed by atoms with Crippen LogP contribution in [0.4, 0.5) is 4.39 Å². The van der Waals surface area contributed by atoms with Crippen molar-refractivity contribution < 1.29 is 14.2 Å². The molecule has 78 valence electrons. The summed E-state index contributed by atoms with van der Waals surface area (Å²) < 4.78 is 17.8. The van der Waals surface area contributed by atoms with Gasteiger partial charge < -0.3 is 9.84 Å². The van der Waals surface area contributed by atoms with Gasteiger partial charge in [-0.05, 0) is 18.6 Å². The SMILES string of the molecule is CCC[C@@H](O)c1ccc(F)cc1OC. The van der Waals surface area contributed by atoms with Crippen molar-refractivity contribution in [3.63, 3.8) is 0 Å². The van der Waals surface area contributed by atoms with Crippen LogP contribution < -0.4 is 4.74 Å². The third-order valence-corrected chi connectivity index (χ3v) is 2.12. The molecule has 0 amide bonds. The number of aliphatic hydroxyl groups is 1. The summed E-state index contributed by atoms with van der Waals surface area (Å²) >= 11 is 0. The van der Waals surface area contributed by atoms with E-state index >= 15 is 0 Å². The molecule has 14 heavy (non-hydrogen) atoms. The van der Waals surface area contributed by atoms with Crippen LogP contribution >= 0.6 is 0 Å². The Labute approximate surface area is 83.3 Å². The fraction of sp³-hybridized carbons (Fsp3) is 0.455. The van der Waals surface area contributed by atoms with E-state index in [0.717, 1.165) is 6.42 Å². The molecule has 0 aliphatic rings. The maximum atomic E-state index is 12.8. The standard InChI is InChI=1S/C11H15FO2/c1-3-4-10(13)9-6-5-8(12)7-11(9)14-2/h5-7,10,13H,3-4H2,1-2H3/t10-/m1/s1. The van der Waals surface area contributed by atoms with Crippen LogP contribution in [0.2, 0.25) is 0 Å². The zero-order valence-electron chi connectivity index (χ0n) is 8.46. The largest absolute Gasteiger partial charge is 0.496 e. The molecule has 1 rings (SSSR count). The molecule has 1 atom stereocenters. The molecule has 1 aromatic rings. The highest BCUT2D eigenvalue weighted by molar-refractivity contribution is 5.35. The minimum Gasteiger partial charge on any atom is -0.496 e. The van der Waals surface area contributed by atoms with Crippen molar-refractivity contribution in [2.75, 3.05) is 7.11 Å². The number of hydrogen-bond acceptors (Lipinski definition) is 2. The zero-order chi connectivity index (χ0) is 10.6. The van der Waals surface area contributed by atoms with Gasteiger partial charge in [0.15, 0.2) is 0 Å². The first-order valence-electron chi connectivity index (χ1n) is 4.70. The normalized spacial score (nSPS) is 12.6. The van der Waals surface area contributed by atoms with Gasteiger partial charge in [0.25, 0.3) is 0 Å². The molecule has 0 radical (unpaired) electrons. The second kappa shape index (κ2) is 4.96. The lowest BCUT2D eigenvalue weighted by Gasteiger charge is -2.13. The second-order valence-corrected chi connectivity index (χ2v) is 3.19. The minimum absolute atomic E-state index is 0.353. The van der Waals surface area contributed by atoms with Gasteiger partial charge in [0.05, 0.1) is 13.2 Å². The first-order valence-corrected chi connectivity index (χ1v) is 4.70. The average molecular weight is 198 g/mol. The molecule has 0 spiro atoms. The van der Waals surface area contributed by atoms with Crippen LogP contribution in [0.3, 0.4) is 0 Å². The van der Waals surface area contributed by atoms with E-state index in [1.54, 1.807) is 6.07 Å². The Kier molecular flexibility index (Phi) is 3.89. The van der Waals surface area contributed by atoms with Gasteiger partial charge in [-0.15, -0.1) is 0 Å². The molecule has 0 fully saturated rings. The lowest BCUT2D eigenvalue weighted by Crippen LogP contribution is -2.00. The van der Waals surface area contributed by atoms with Crippen LogP contribution in [-0.2, 0) is 0 Å². The zero-order valence-corrected chi connectivity index (χ0v) is 8.46. The van der Waals surface area contributed by atoms with E-state index < -0.39 is 6.10 Å². The van der Waals surface area contributed by atoms with Crippen LogP contribution in [0.25, 0.3) is 0 Å². The maximum absolute atomic E-state index is 12.8. The summed E-state index contributed by atoms with van der Waals surface area (Å²) in [5, 5.41) is 9.72. The summed E-state index contributed by atoms with van der Waals surface area (Å²) in [6.07, 6.45) is 0.958. The molecule has 0 bridgehead atoms. The first kappa shape index (κ1) is 11.0. The number of benzene rings is 1. The Balaban J connectivity index is 2.95. The summed E-state index contributed by atoms with van der Waals surface area (Å²) in [7, 11) is 1.47. The van der Waals surface area contributed by atoms with Crippen molar-refractivity contribution in [1.82, 2.24) is 0 Å². The number of aliphatic hydroxyl groups excluding tert-OH is 1.